The minimum absolute atomic E-state index is 0.0301. The van der Waals surface area contributed by atoms with Crippen LogP contribution in [0.4, 0.5) is 13.2 Å². The van der Waals surface area contributed by atoms with Crippen molar-refractivity contribution in [2.24, 2.45) is 0 Å². The fraction of sp³-hybridized carbons (Fsp3) is 0.562. The molecule has 2 rings (SSSR count). The van der Waals surface area contributed by atoms with E-state index in [0.29, 0.717) is 6.07 Å². The number of benzene rings is 1. The molecule has 1 aliphatic heterocycles. The summed E-state index contributed by atoms with van der Waals surface area (Å²) in [5, 5.41) is 5.93. The minimum Gasteiger partial charge on any atom is -0.350 e. The van der Waals surface area contributed by atoms with Crippen molar-refractivity contribution < 1.29 is 26.4 Å². The lowest BCUT2D eigenvalue weighted by Crippen LogP contribution is -2.55. The number of carbonyl (C=O) groups is 1. The topological polar surface area (TPSA) is 87.3 Å². The van der Waals surface area contributed by atoms with Gasteiger partial charge in [0, 0.05) is 12.1 Å². The van der Waals surface area contributed by atoms with Gasteiger partial charge in [-0.1, -0.05) is 12.1 Å². The van der Waals surface area contributed by atoms with Gasteiger partial charge in [-0.3, -0.25) is 4.79 Å². The van der Waals surface area contributed by atoms with E-state index in [1.165, 1.54) is 13.0 Å². The smallest absolute Gasteiger partial charge is 0.350 e. The Bertz CT molecular complexity index is 753. The van der Waals surface area contributed by atoms with Gasteiger partial charge in [-0.05, 0) is 45.4 Å². The normalized spacial score (nSPS) is 22.7. The molecule has 0 aromatic heterocycles. The van der Waals surface area contributed by atoms with Crippen LogP contribution in [0.5, 0.6) is 0 Å². The predicted octanol–water partition coefficient (Wildman–Crippen LogP) is 1.63. The molecule has 0 radical (unpaired) electrons. The van der Waals surface area contributed by atoms with Gasteiger partial charge in [0.25, 0.3) is 0 Å². The lowest BCUT2D eigenvalue weighted by molar-refractivity contribution is -0.139. The minimum atomic E-state index is -4.82. The summed E-state index contributed by atoms with van der Waals surface area (Å²) in [5.74, 6) is -0.585. The Morgan fingerprint density at radius 3 is 2.58 bits per heavy atom. The second-order valence-electron chi connectivity index (χ2n) is 6.34. The largest absolute Gasteiger partial charge is 0.417 e. The van der Waals surface area contributed by atoms with Gasteiger partial charge < -0.3 is 10.6 Å². The molecular formula is C16H22F3N3O3S. The summed E-state index contributed by atoms with van der Waals surface area (Å²) < 4.78 is 65.9. The lowest BCUT2D eigenvalue weighted by Gasteiger charge is -2.31. The van der Waals surface area contributed by atoms with Crippen LogP contribution in [0, 0.1) is 0 Å². The fourth-order valence-corrected chi connectivity index (χ4v) is 4.26. The number of nitrogens with one attached hydrogen (secondary N) is 3. The van der Waals surface area contributed by atoms with E-state index in [2.05, 4.69) is 10.6 Å². The Labute approximate surface area is 150 Å². The maximum Gasteiger partial charge on any atom is 0.417 e. The summed E-state index contributed by atoms with van der Waals surface area (Å²) in [7, 11) is -4.52. The van der Waals surface area contributed by atoms with Gasteiger partial charge in [-0.2, -0.15) is 17.9 Å². The van der Waals surface area contributed by atoms with Crippen molar-refractivity contribution in [1.82, 2.24) is 15.4 Å². The maximum atomic E-state index is 13.0. The fourth-order valence-electron chi connectivity index (χ4n) is 2.83. The van der Waals surface area contributed by atoms with E-state index in [-0.39, 0.29) is 12.1 Å². The third kappa shape index (κ3) is 4.95. The molecular weight excluding hydrogens is 371 g/mol. The number of piperidine rings is 1. The van der Waals surface area contributed by atoms with Crippen molar-refractivity contribution in [2.45, 2.75) is 55.9 Å². The van der Waals surface area contributed by atoms with Crippen LogP contribution in [-0.2, 0) is 21.0 Å². The van der Waals surface area contributed by atoms with Crippen molar-refractivity contribution in [2.75, 3.05) is 6.54 Å². The Morgan fingerprint density at radius 2 is 1.96 bits per heavy atom. The predicted molar refractivity (Wildman–Crippen MR) is 89.9 cm³/mol. The standard InChI is InChI=1S/C16H22F3N3O3S/c1-10-13(7-5-9-20-10)21-15(23)11(2)22-26(24,25)14-8-4-3-6-12(14)16(17,18)19/h3-4,6,8,10-11,13,20,22H,5,7,9H2,1-2H3,(H,21,23). The first-order valence-corrected chi connectivity index (χ1v) is 9.73. The maximum absolute atomic E-state index is 13.0. The number of sulfonamides is 1. The number of halogens is 3. The zero-order valence-electron chi connectivity index (χ0n) is 14.4. The first-order valence-electron chi connectivity index (χ1n) is 8.24. The second kappa shape index (κ2) is 7.93. The lowest BCUT2D eigenvalue weighted by atomic mass is 9.99. The van der Waals surface area contributed by atoms with E-state index in [9.17, 15) is 26.4 Å². The van der Waals surface area contributed by atoms with Crippen LogP contribution in [0.1, 0.15) is 32.3 Å². The van der Waals surface area contributed by atoms with E-state index in [4.69, 9.17) is 0 Å². The van der Waals surface area contributed by atoms with E-state index in [1.807, 2.05) is 11.6 Å². The average Bonchev–Trinajstić information content (AvgIpc) is 2.55. The molecule has 1 amide bonds. The van der Waals surface area contributed by atoms with Gasteiger partial charge in [0.2, 0.25) is 15.9 Å². The van der Waals surface area contributed by atoms with Crippen LogP contribution in [0.2, 0.25) is 0 Å². The average molecular weight is 393 g/mol. The summed E-state index contributed by atoms with van der Waals surface area (Å²) >= 11 is 0. The SMILES string of the molecule is CC(NS(=O)(=O)c1ccccc1C(F)(F)F)C(=O)NC1CCCNC1C. The molecule has 10 heteroatoms. The van der Waals surface area contributed by atoms with Gasteiger partial charge in [0.15, 0.2) is 0 Å². The number of hydrogen-bond donors (Lipinski definition) is 3. The molecule has 3 unspecified atom stereocenters. The molecule has 1 fully saturated rings. The van der Waals surface area contributed by atoms with Crippen molar-refractivity contribution >= 4 is 15.9 Å². The highest BCUT2D eigenvalue weighted by Gasteiger charge is 2.37. The van der Waals surface area contributed by atoms with Crippen LogP contribution in [-0.4, -0.2) is 39.0 Å². The van der Waals surface area contributed by atoms with Gasteiger partial charge in [-0.25, -0.2) is 8.42 Å². The van der Waals surface area contributed by atoms with Gasteiger partial charge in [0.05, 0.1) is 16.5 Å². The van der Waals surface area contributed by atoms with Crippen molar-refractivity contribution in [3.05, 3.63) is 29.8 Å². The number of alkyl halides is 3. The Hall–Kier alpha value is -1.65. The van der Waals surface area contributed by atoms with Crippen molar-refractivity contribution in [3.63, 3.8) is 0 Å². The summed E-state index contributed by atoms with van der Waals surface area (Å²) in [4.78, 5) is 11.4. The Kier molecular flexibility index (Phi) is 6.30. The van der Waals surface area contributed by atoms with Crippen LogP contribution >= 0.6 is 0 Å². The first-order chi connectivity index (χ1) is 12.0. The Morgan fingerprint density at radius 1 is 1.31 bits per heavy atom. The molecule has 26 heavy (non-hydrogen) atoms. The zero-order valence-corrected chi connectivity index (χ0v) is 15.2. The molecule has 1 aromatic carbocycles. The van der Waals surface area contributed by atoms with Crippen molar-refractivity contribution in [3.8, 4) is 0 Å². The first kappa shape index (κ1) is 20.7. The summed E-state index contributed by atoms with van der Waals surface area (Å²) in [6.07, 6.45) is -3.20. The molecule has 0 bridgehead atoms. The monoisotopic (exact) mass is 393 g/mol. The van der Waals surface area contributed by atoms with Crippen LogP contribution in [0.3, 0.4) is 0 Å². The number of carbonyl (C=O) groups excluding carboxylic acids is 1. The molecule has 1 saturated heterocycles. The van der Waals surface area contributed by atoms with E-state index in [1.54, 1.807) is 0 Å². The second-order valence-corrected chi connectivity index (χ2v) is 8.02. The number of rotatable bonds is 5. The Balaban J connectivity index is 2.13. The van der Waals surface area contributed by atoms with Crippen LogP contribution < -0.4 is 15.4 Å². The van der Waals surface area contributed by atoms with Crippen LogP contribution in [0.15, 0.2) is 29.2 Å². The third-order valence-electron chi connectivity index (χ3n) is 4.30. The van der Waals surface area contributed by atoms with Crippen LogP contribution in [0.25, 0.3) is 0 Å². The molecule has 3 atom stereocenters. The highest BCUT2D eigenvalue weighted by molar-refractivity contribution is 7.89. The molecule has 0 aliphatic carbocycles. The third-order valence-corrected chi connectivity index (χ3v) is 5.90. The van der Waals surface area contributed by atoms with Gasteiger partial charge >= 0.3 is 6.18 Å². The summed E-state index contributed by atoms with van der Waals surface area (Å²) in [6, 6.07) is 2.51. The summed E-state index contributed by atoms with van der Waals surface area (Å²) in [6.45, 7) is 4.03. The molecule has 1 aliphatic rings. The molecule has 1 heterocycles. The molecule has 3 N–H and O–H groups in total. The molecule has 0 saturated carbocycles. The quantitative estimate of drug-likeness (QED) is 0.710. The van der Waals surface area contributed by atoms with E-state index >= 15 is 0 Å². The number of hydrogen-bond acceptors (Lipinski definition) is 4. The molecule has 6 nitrogen and oxygen atoms in total. The van der Waals surface area contributed by atoms with E-state index < -0.39 is 38.6 Å². The number of amides is 1. The van der Waals surface area contributed by atoms with E-state index in [0.717, 1.165) is 31.5 Å². The van der Waals surface area contributed by atoms with Gasteiger partial charge in [-0.15, -0.1) is 0 Å². The zero-order chi connectivity index (χ0) is 19.5. The van der Waals surface area contributed by atoms with Gasteiger partial charge in [0.1, 0.15) is 0 Å². The summed E-state index contributed by atoms with van der Waals surface area (Å²) in [5.41, 5.74) is -1.27. The molecule has 146 valence electrons. The highest BCUT2D eigenvalue weighted by atomic mass is 32.2. The molecule has 1 aromatic rings. The van der Waals surface area contributed by atoms with Crippen molar-refractivity contribution in [1.29, 1.82) is 0 Å². The molecule has 0 spiro atoms. The highest BCUT2D eigenvalue weighted by Crippen LogP contribution is 2.33.